The Labute approximate surface area is 407 Å². The summed E-state index contributed by atoms with van der Waals surface area (Å²) in [5, 5.41) is 1.92. The molecule has 5 nitrogen and oxygen atoms in total. The van der Waals surface area contributed by atoms with Crippen LogP contribution in [0.2, 0.25) is 0 Å². The first-order valence-electron chi connectivity index (χ1n) is 23.0. The maximum Gasteiger partial charge on any atom is 0.135 e. The molecule has 0 amide bonds. The largest absolute Gasteiger partial charge is 0.509 e. The van der Waals surface area contributed by atoms with Gasteiger partial charge in [0.2, 0.25) is 0 Å². The van der Waals surface area contributed by atoms with Crippen LogP contribution < -0.4 is 14.5 Å². The summed E-state index contributed by atoms with van der Waals surface area (Å²) in [6.45, 7) is 4.05. The number of rotatable bonds is 9. The van der Waals surface area contributed by atoms with Gasteiger partial charge in [-0.15, -0.1) is 48.1 Å². The zero-order valence-electron chi connectivity index (χ0n) is 38.3. The number of para-hydroxylation sites is 4. The molecule has 11 aromatic rings. The van der Waals surface area contributed by atoms with Gasteiger partial charge in [-0.1, -0.05) is 169 Å². The SMILES string of the molecule is [2H]c1nc(-n2c3[c-]c(Oc4[c-]c(N5[CH-]N(c6c(-c7ccccc7)cccc6-c6ccccc6)c6ccccc65)ccc4)ccc3c3ccccc32)c([2H])c(C)c1-c1ccc(-c2ccccc2)cc1.[Pt]. The third kappa shape index (κ3) is 7.68. The Morgan fingerprint density at radius 2 is 1.04 bits per heavy atom. The molecule has 0 unspecified atom stereocenters. The third-order valence-electron chi connectivity index (χ3n) is 12.3. The van der Waals surface area contributed by atoms with Crippen molar-refractivity contribution < 1.29 is 28.5 Å². The molecule has 0 N–H and O–H groups in total. The van der Waals surface area contributed by atoms with Crippen molar-refractivity contribution >= 4 is 44.6 Å². The van der Waals surface area contributed by atoms with Crippen LogP contribution in [0.1, 0.15) is 8.30 Å². The fourth-order valence-electron chi connectivity index (χ4n) is 9.19. The number of pyridine rings is 1. The fraction of sp³-hybridized carbons (Fsp3) is 0.0164. The van der Waals surface area contributed by atoms with Gasteiger partial charge >= 0.3 is 0 Å². The van der Waals surface area contributed by atoms with Gasteiger partial charge in [0, 0.05) is 78.0 Å². The number of aromatic nitrogens is 2. The second-order valence-corrected chi connectivity index (χ2v) is 16.3. The van der Waals surface area contributed by atoms with Gasteiger partial charge in [-0.05, 0) is 69.9 Å². The molecule has 0 saturated carbocycles. The topological polar surface area (TPSA) is 33.5 Å². The molecule has 324 valence electrons. The van der Waals surface area contributed by atoms with Crippen LogP contribution in [0.3, 0.4) is 0 Å². The second-order valence-electron chi connectivity index (χ2n) is 16.3. The molecule has 12 rings (SSSR count). The number of anilines is 4. The molecule has 3 heterocycles. The van der Waals surface area contributed by atoms with Crippen LogP contribution in [0.25, 0.3) is 72.1 Å². The Kier molecular flexibility index (Phi) is 10.4. The van der Waals surface area contributed by atoms with Gasteiger partial charge in [-0.3, -0.25) is 0 Å². The van der Waals surface area contributed by atoms with Crippen molar-refractivity contribution in [3.05, 3.63) is 249 Å². The monoisotopic (exact) mass is 1040 g/mol. The summed E-state index contributed by atoms with van der Waals surface area (Å²) < 4.78 is 27.4. The molecule has 1 aliphatic heterocycles. The van der Waals surface area contributed by atoms with Crippen molar-refractivity contribution in [3.8, 4) is 61.8 Å². The van der Waals surface area contributed by atoms with Crippen LogP contribution in [0.15, 0.2) is 225 Å². The summed E-state index contributed by atoms with van der Waals surface area (Å²) in [5.41, 5.74) is 14.4. The fourth-order valence-corrected chi connectivity index (χ4v) is 9.19. The molecule has 0 aliphatic carbocycles. The maximum atomic E-state index is 9.53. The van der Waals surface area contributed by atoms with E-state index in [-0.39, 0.29) is 33.3 Å². The molecule has 9 aromatic carbocycles. The average molecular weight is 1040 g/mol. The van der Waals surface area contributed by atoms with E-state index in [4.69, 9.17) is 9.72 Å². The van der Waals surface area contributed by atoms with Crippen LogP contribution in [0.5, 0.6) is 11.5 Å². The summed E-state index contributed by atoms with van der Waals surface area (Å²) >= 11 is 0. The van der Waals surface area contributed by atoms with Gasteiger partial charge in [-0.25, -0.2) is 4.98 Å². The first-order valence-corrected chi connectivity index (χ1v) is 22.0. The van der Waals surface area contributed by atoms with Crippen molar-refractivity contribution in [2.75, 3.05) is 9.80 Å². The normalized spacial score (nSPS) is 12.4. The number of ether oxygens (including phenoxy) is 1. The summed E-state index contributed by atoms with van der Waals surface area (Å²) in [6.07, 6.45) is 0.101. The van der Waals surface area contributed by atoms with E-state index in [0.717, 1.165) is 78.0 Å². The molecule has 0 atom stereocenters. The minimum atomic E-state index is 0. The van der Waals surface area contributed by atoms with E-state index in [2.05, 4.69) is 162 Å². The van der Waals surface area contributed by atoms with Crippen LogP contribution in [0, 0.1) is 25.7 Å². The van der Waals surface area contributed by atoms with E-state index in [1.165, 1.54) is 0 Å². The van der Waals surface area contributed by atoms with E-state index in [1.807, 2.05) is 90.4 Å². The van der Waals surface area contributed by atoms with E-state index >= 15 is 0 Å². The summed E-state index contributed by atoms with van der Waals surface area (Å²) in [6, 6.07) is 79.7. The van der Waals surface area contributed by atoms with E-state index < -0.39 is 0 Å². The van der Waals surface area contributed by atoms with Crippen molar-refractivity contribution in [2.45, 2.75) is 6.92 Å². The second kappa shape index (κ2) is 17.8. The first-order chi connectivity index (χ1) is 33.5. The summed E-state index contributed by atoms with van der Waals surface area (Å²) in [7, 11) is 0. The average Bonchev–Trinajstić information content (AvgIpc) is 3.94. The molecule has 6 heteroatoms. The summed E-state index contributed by atoms with van der Waals surface area (Å²) in [4.78, 5) is 9.30. The molecule has 1 aliphatic rings. The van der Waals surface area contributed by atoms with Gasteiger partial charge in [0.15, 0.2) is 0 Å². The van der Waals surface area contributed by atoms with Crippen LogP contribution in [-0.4, -0.2) is 9.55 Å². The number of fused-ring (bicyclic) bond motifs is 4. The smallest absolute Gasteiger partial charge is 0.135 e. The van der Waals surface area contributed by atoms with Crippen molar-refractivity contribution in [3.63, 3.8) is 0 Å². The molecule has 67 heavy (non-hydrogen) atoms. The van der Waals surface area contributed by atoms with Crippen molar-refractivity contribution in [2.24, 2.45) is 0 Å². The maximum absolute atomic E-state index is 9.53. The Hall–Kier alpha value is -7.98. The van der Waals surface area contributed by atoms with Gasteiger partial charge in [0.1, 0.15) is 5.82 Å². The van der Waals surface area contributed by atoms with Crippen LogP contribution >= 0.6 is 0 Å². The van der Waals surface area contributed by atoms with E-state index in [9.17, 15) is 2.74 Å². The Morgan fingerprint density at radius 1 is 0.493 bits per heavy atom. The zero-order chi connectivity index (χ0) is 45.7. The standard InChI is InChI=1S/C61H41N4O.Pt/c1-42-37-60(62-40-55(42)47-33-31-44(32-34-47)43-17-5-2-6-18-43)65-56-28-12-11-25-53(56)54-36-35-50(39-59(54)65)66-49-24-15-23-48(38-49)63-41-64(58-30-14-13-29-57(58)63)61-51(45-19-7-3-8-20-45)26-16-27-52(61)46-21-9-4-10-22-46;/h2-37,40-41H,1H3;/q-3;/i37D,40D;. The van der Waals surface area contributed by atoms with Gasteiger partial charge in [0.05, 0.1) is 2.74 Å². The predicted octanol–water partition coefficient (Wildman–Crippen LogP) is 16.0. The molecular formula is C61H41N4OPt-3. The van der Waals surface area contributed by atoms with Crippen molar-refractivity contribution in [1.82, 2.24) is 9.55 Å². The minimum Gasteiger partial charge on any atom is -0.509 e. The van der Waals surface area contributed by atoms with E-state index in [0.29, 0.717) is 34.0 Å². The third-order valence-corrected chi connectivity index (χ3v) is 12.3. The number of hydrogen-bond donors (Lipinski definition) is 0. The molecule has 0 bridgehead atoms. The Morgan fingerprint density at radius 3 is 1.75 bits per heavy atom. The zero-order valence-corrected chi connectivity index (χ0v) is 38.6. The molecule has 0 saturated heterocycles. The molecular weight excluding hydrogens is 1000 g/mol. The molecule has 0 spiro atoms. The Balaban J connectivity index is 0.00000520. The molecule has 0 fully saturated rings. The quantitative estimate of drug-likeness (QED) is 0.135. The number of hydrogen-bond acceptors (Lipinski definition) is 4. The van der Waals surface area contributed by atoms with Gasteiger partial charge in [0.25, 0.3) is 0 Å². The minimum absolute atomic E-state index is 0. The first kappa shape index (κ1) is 39.4. The number of benzene rings is 9. The van der Waals surface area contributed by atoms with E-state index in [1.54, 1.807) is 0 Å². The number of nitrogens with zero attached hydrogens (tertiary/aromatic N) is 4. The van der Waals surface area contributed by atoms with Gasteiger partial charge < -0.3 is 19.1 Å². The Bertz CT molecular complexity index is 3620. The predicted molar refractivity (Wildman–Crippen MR) is 271 cm³/mol. The van der Waals surface area contributed by atoms with Gasteiger partial charge in [-0.2, -0.15) is 12.1 Å². The molecule has 0 radical (unpaired) electrons. The van der Waals surface area contributed by atoms with Crippen LogP contribution in [0.4, 0.5) is 22.7 Å². The molecule has 2 aromatic heterocycles. The van der Waals surface area contributed by atoms with Crippen LogP contribution in [-0.2, 0) is 21.1 Å². The summed E-state index contributed by atoms with van der Waals surface area (Å²) in [5.74, 6) is 1.37. The van der Waals surface area contributed by atoms with Crippen molar-refractivity contribution in [1.29, 1.82) is 0 Å².